The van der Waals surface area contributed by atoms with E-state index in [2.05, 4.69) is 4.72 Å². The Balaban J connectivity index is 1.82. The SMILES string of the molecule is C[C@H](Cc1cn(C(=O)O)c2ccccc12)NS(=O)(=O)c1ccc([N+](=O)[O-])cc1. The van der Waals surface area contributed by atoms with E-state index in [1.54, 1.807) is 31.2 Å². The second-order valence-corrected chi connectivity index (χ2v) is 8.02. The van der Waals surface area contributed by atoms with Gasteiger partial charge in [0, 0.05) is 29.8 Å². The van der Waals surface area contributed by atoms with Crippen LogP contribution in [-0.4, -0.2) is 35.1 Å². The number of carbonyl (C=O) groups is 1. The van der Waals surface area contributed by atoms with E-state index in [4.69, 9.17) is 0 Å². The number of para-hydroxylation sites is 1. The number of hydrogen-bond donors (Lipinski definition) is 2. The molecule has 3 rings (SSSR count). The van der Waals surface area contributed by atoms with E-state index in [-0.39, 0.29) is 17.0 Å². The van der Waals surface area contributed by atoms with E-state index >= 15 is 0 Å². The third kappa shape index (κ3) is 3.87. The molecule has 1 aromatic heterocycles. The van der Waals surface area contributed by atoms with Crippen molar-refractivity contribution in [3.8, 4) is 0 Å². The average molecular weight is 403 g/mol. The fraction of sp³-hybridized carbons (Fsp3) is 0.167. The second kappa shape index (κ2) is 7.41. The molecule has 0 aliphatic rings. The Kier molecular flexibility index (Phi) is 5.16. The molecule has 0 bridgehead atoms. The lowest BCUT2D eigenvalue weighted by Gasteiger charge is -2.14. The zero-order valence-electron chi connectivity index (χ0n) is 14.8. The predicted octanol–water partition coefficient (Wildman–Crippen LogP) is 2.99. The molecule has 2 N–H and O–H groups in total. The number of fused-ring (bicyclic) bond motifs is 1. The van der Waals surface area contributed by atoms with Crippen molar-refractivity contribution in [2.45, 2.75) is 24.3 Å². The molecule has 0 fully saturated rings. The fourth-order valence-corrected chi connectivity index (χ4v) is 4.27. The minimum atomic E-state index is -3.88. The number of nitro benzene ring substituents is 1. The maximum atomic E-state index is 12.5. The summed E-state index contributed by atoms with van der Waals surface area (Å²) < 4.78 is 28.6. The third-order valence-electron chi connectivity index (χ3n) is 4.24. The number of carboxylic acid groups (broad SMARTS) is 1. The Morgan fingerprint density at radius 1 is 1.21 bits per heavy atom. The zero-order valence-corrected chi connectivity index (χ0v) is 15.6. The normalized spacial score (nSPS) is 12.8. The van der Waals surface area contributed by atoms with E-state index in [9.17, 15) is 28.4 Å². The lowest BCUT2D eigenvalue weighted by molar-refractivity contribution is -0.384. The molecule has 0 saturated heterocycles. The van der Waals surface area contributed by atoms with Gasteiger partial charge in [0.1, 0.15) is 0 Å². The lowest BCUT2D eigenvalue weighted by atomic mass is 10.1. The van der Waals surface area contributed by atoms with Gasteiger partial charge in [0.15, 0.2) is 0 Å². The standard InChI is InChI=1S/C18H17N3O6S/c1-12(19-28(26,27)15-8-6-14(7-9-15)21(24)25)10-13-11-20(18(22)23)17-5-3-2-4-16(13)17/h2-9,11-12,19H,10H2,1H3,(H,22,23)/t12-/m1/s1. The molecule has 1 heterocycles. The molecule has 28 heavy (non-hydrogen) atoms. The van der Waals surface area contributed by atoms with Crippen LogP contribution >= 0.6 is 0 Å². The number of nitro groups is 1. The van der Waals surface area contributed by atoms with Crippen LogP contribution in [0.3, 0.4) is 0 Å². The zero-order chi connectivity index (χ0) is 20.5. The van der Waals surface area contributed by atoms with E-state index in [0.29, 0.717) is 11.1 Å². The van der Waals surface area contributed by atoms with Crippen molar-refractivity contribution in [1.82, 2.24) is 9.29 Å². The van der Waals surface area contributed by atoms with Gasteiger partial charge in [-0.15, -0.1) is 0 Å². The van der Waals surface area contributed by atoms with E-state index in [1.165, 1.54) is 18.3 Å². The number of nitrogens with one attached hydrogen (secondary N) is 1. The summed E-state index contributed by atoms with van der Waals surface area (Å²) in [7, 11) is -3.88. The molecule has 2 aromatic carbocycles. The Labute approximate surface area is 160 Å². The highest BCUT2D eigenvalue weighted by atomic mass is 32.2. The highest BCUT2D eigenvalue weighted by Crippen LogP contribution is 2.23. The number of benzene rings is 2. The maximum absolute atomic E-state index is 12.5. The topological polar surface area (TPSA) is 132 Å². The quantitative estimate of drug-likeness (QED) is 0.480. The van der Waals surface area contributed by atoms with Gasteiger partial charge in [0.25, 0.3) is 5.69 Å². The average Bonchev–Trinajstić information content (AvgIpc) is 3.00. The van der Waals surface area contributed by atoms with Crippen LogP contribution in [0.4, 0.5) is 10.5 Å². The summed E-state index contributed by atoms with van der Waals surface area (Å²) in [6.45, 7) is 1.66. The van der Waals surface area contributed by atoms with E-state index < -0.39 is 27.1 Å². The predicted molar refractivity (Wildman–Crippen MR) is 102 cm³/mol. The fourth-order valence-electron chi connectivity index (χ4n) is 3.02. The molecular formula is C18H17N3O6S. The Morgan fingerprint density at radius 2 is 1.86 bits per heavy atom. The molecular weight excluding hydrogens is 386 g/mol. The number of rotatable bonds is 6. The molecule has 1 atom stereocenters. The highest BCUT2D eigenvalue weighted by Gasteiger charge is 2.20. The van der Waals surface area contributed by atoms with Crippen molar-refractivity contribution in [3.05, 3.63) is 70.4 Å². The summed E-state index contributed by atoms with van der Waals surface area (Å²) in [6.07, 6.45) is 0.623. The first-order valence-corrected chi connectivity index (χ1v) is 9.76. The molecule has 0 saturated carbocycles. The summed E-state index contributed by atoms with van der Waals surface area (Å²) in [6, 6.07) is 11.0. The van der Waals surface area contributed by atoms with Crippen molar-refractivity contribution in [3.63, 3.8) is 0 Å². The number of nitrogens with zero attached hydrogens (tertiary/aromatic N) is 2. The monoisotopic (exact) mass is 403 g/mol. The summed E-state index contributed by atoms with van der Waals surface area (Å²) in [5.41, 5.74) is 1.01. The maximum Gasteiger partial charge on any atom is 0.416 e. The van der Waals surface area contributed by atoms with Gasteiger partial charge in [-0.3, -0.25) is 14.7 Å². The van der Waals surface area contributed by atoms with Gasteiger partial charge in [-0.05, 0) is 37.1 Å². The third-order valence-corrected chi connectivity index (χ3v) is 5.85. The molecule has 9 nitrogen and oxygen atoms in total. The largest absolute Gasteiger partial charge is 0.464 e. The smallest absolute Gasteiger partial charge is 0.416 e. The molecule has 0 aliphatic carbocycles. The van der Waals surface area contributed by atoms with Crippen LogP contribution in [0, 0.1) is 10.1 Å². The number of sulfonamides is 1. The molecule has 0 radical (unpaired) electrons. The van der Waals surface area contributed by atoms with Gasteiger partial charge < -0.3 is 5.11 Å². The van der Waals surface area contributed by atoms with Crippen LogP contribution in [0.1, 0.15) is 12.5 Å². The minimum absolute atomic E-state index is 0.0853. The lowest BCUT2D eigenvalue weighted by Crippen LogP contribution is -2.34. The van der Waals surface area contributed by atoms with Crippen LogP contribution < -0.4 is 4.72 Å². The Morgan fingerprint density at radius 3 is 2.46 bits per heavy atom. The van der Waals surface area contributed by atoms with Gasteiger partial charge in [0.2, 0.25) is 10.0 Å². The molecule has 3 aromatic rings. The Bertz CT molecular complexity index is 1150. The van der Waals surface area contributed by atoms with Crippen molar-refractivity contribution in [2.24, 2.45) is 0 Å². The van der Waals surface area contributed by atoms with Gasteiger partial charge in [-0.25, -0.2) is 17.9 Å². The first-order valence-electron chi connectivity index (χ1n) is 8.28. The van der Waals surface area contributed by atoms with Crippen molar-refractivity contribution < 1.29 is 23.2 Å². The van der Waals surface area contributed by atoms with Gasteiger partial charge in [-0.2, -0.15) is 0 Å². The molecule has 0 spiro atoms. The van der Waals surface area contributed by atoms with Crippen LogP contribution in [0.15, 0.2) is 59.6 Å². The first kappa shape index (κ1) is 19.5. The van der Waals surface area contributed by atoms with Crippen molar-refractivity contribution in [1.29, 1.82) is 0 Å². The molecule has 0 amide bonds. The minimum Gasteiger partial charge on any atom is -0.464 e. The van der Waals surface area contributed by atoms with E-state index in [0.717, 1.165) is 22.1 Å². The number of aromatic nitrogens is 1. The first-order chi connectivity index (χ1) is 13.2. The summed E-state index contributed by atoms with van der Waals surface area (Å²) in [4.78, 5) is 21.4. The summed E-state index contributed by atoms with van der Waals surface area (Å²) >= 11 is 0. The molecule has 10 heteroatoms. The van der Waals surface area contributed by atoms with E-state index in [1.807, 2.05) is 0 Å². The van der Waals surface area contributed by atoms with Crippen LogP contribution in [0.5, 0.6) is 0 Å². The van der Waals surface area contributed by atoms with Crippen LogP contribution in [0.2, 0.25) is 0 Å². The van der Waals surface area contributed by atoms with Gasteiger partial charge in [-0.1, -0.05) is 18.2 Å². The van der Waals surface area contributed by atoms with Crippen molar-refractivity contribution in [2.75, 3.05) is 0 Å². The summed E-state index contributed by atoms with van der Waals surface area (Å²) in [5, 5.41) is 20.8. The molecule has 146 valence electrons. The Hall–Kier alpha value is -3.24. The number of hydrogen-bond acceptors (Lipinski definition) is 5. The molecule has 0 unspecified atom stereocenters. The van der Waals surface area contributed by atoms with Gasteiger partial charge in [0.05, 0.1) is 15.3 Å². The van der Waals surface area contributed by atoms with Crippen LogP contribution in [0.25, 0.3) is 10.9 Å². The van der Waals surface area contributed by atoms with Gasteiger partial charge >= 0.3 is 6.09 Å². The summed E-state index contributed by atoms with van der Waals surface area (Å²) in [5.74, 6) is 0. The highest BCUT2D eigenvalue weighted by molar-refractivity contribution is 7.89. The molecule has 0 aliphatic heterocycles. The number of non-ortho nitro benzene ring substituents is 1. The van der Waals surface area contributed by atoms with Crippen LogP contribution in [-0.2, 0) is 16.4 Å². The van der Waals surface area contributed by atoms with Crippen molar-refractivity contribution >= 4 is 32.7 Å². The second-order valence-electron chi connectivity index (χ2n) is 6.30.